The summed E-state index contributed by atoms with van der Waals surface area (Å²) in [4.78, 5) is 40.7. The Bertz CT molecular complexity index is 1390. The molecule has 2 amide bonds. The van der Waals surface area contributed by atoms with Crippen LogP contribution < -0.4 is 10.6 Å². The molecule has 1 aromatic heterocycles. The van der Waals surface area contributed by atoms with Gasteiger partial charge in [0.25, 0.3) is 5.91 Å². The molecule has 0 saturated carbocycles. The van der Waals surface area contributed by atoms with Crippen molar-refractivity contribution in [3.63, 3.8) is 0 Å². The van der Waals surface area contributed by atoms with E-state index in [0.717, 1.165) is 17.7 Å². The Kier molecular flexibility index (Phi) is 10.7. The Labute approximate surface area is 248 Å². The van der Waals surface area contributed by atoms with Crippen LogP contribution in [0.2, 0.25) is 0 Å². The van der Waals surface area contributed by atoms with Crippen molar-refractivity contribution in [1.29, 1.82) is 0 Å². The molecule has 1 heterocycles. The quantitative estimate of drug-likeness (QED) is 0.216. The number of ketones is 1. The minimum Gasteiger partial charge on any atom is -0.450 e. The molecule has 0 fully saturated rings. The van der Waals surface area contributed by atoms with E-state index in [-0.39, 0.29) is 30.4 Å². The zero-order chi connectivity index (χ0) is 31.8. The van der Waals surface area contributed by atoms with E-state index in [2.05, 4.69) is 20.8 Å². The van der Waals surface area contributed by atoms with Gasteiger partial charge in [0, 0.05) is 5.56 Å². The number of nitrogens with zero attached hydrogens (tertiary/aromatic N) is 2. The summed E-state index contributed by atoms with van der Waals surface area (Å²) in [5, 5.41) is 13.4. The van der Waals surface area contributed by atoms with Crippen LogP contribution in [-0.2, 0) is 26.9 Å². The van der Waals surface area contributed by atoms with Crippen LogP contribution in [0.15, 0.2) is 59.0 Å². The largest absolute Gasteiger partial charge is 0.450 e. The lowest BCUT2D eigenvalue weighted by atomic mass is 9.65. The summed E-state index contributed by atoms with van der Waals surface area (Å²) in [5.74, 6) is -2.06. The highest BCUT2D eigenvalue weighted by Gasteiger charge is 2.55. The van der Waals surface area contributed by atoms with Crippen molar-refractivity contribution < 1.29 is 36.7 Å². The molecule has 43 heavy (non-hydrogen) atoms. The summed E-state index contributed by atoms with van der Waals surface area (Å²) >= 11 is 0. The number of Topliss-reactive ketones (excluding diaryl/α,β-unsaturated/α-hetero) is 1. The number of ether oxygens (including phenoxy) is 1. The molecule has 0 saturated heterocycles. The summed E-state index contributed by atoms with van der Waals surface area (Å²) in [6, 6.07) is 12.7. The van der Waals surface area contributed by atoms with Crippen molar-refractivity contribution in [3.8, 4) is 11.5 Å². The fourth-order valence-corrected chi connectivity index (χ4v) is 4.89. The maximum Gasteiger partial charge on any atom is 0.416 e. The van der Waals surface area contributed by atoms with E-state index in [9.17, 15) is 27.6 Å². The number of benzene rings is 2. The minimum atomic E-state index is -4.51. The highest BCUT2D eigenvalue weighted by Crippen LogP contribution is 2.40. The molecule has 0 aliphatic heterocycles. The number of hydrogen-bond acceptors (Lipinski definition) is 7. The lowest BCUT2D eigenvalue weighted by Gasteiger charge is -2.44. The molecule has 0 aliphatic rings. The highest BCUT2D eigenvalue weighted by atomic mass is 19.4. The molecular weight excluding hydrogens is 565 g/mol. The highest BCUT2D eigenvalue weighted by molar-refractivity contribution is 6.40. The Morgan fingerprint density at radius 2 is 1.60 bits per heavy atom. The van der Waals surface area contributed by atoms with Gasteiger partial charge in [-0.05, 0) is 55.0 Å². The molecule has 3 aromatic rings. The van der Waals surface area contributed by atoms with E-state index >= 15 is 0 Å². The SMILES string of the molecule is CCCOC(=O)N[C@](Cc1nnc(-c2ccc(C(F)(F)F)cc2)o1)(C(=O)C(=O)N[C@H](C)c1ccccc1)C(C)(C)CCC. The molecule has 2 aromatic carbocycles. The number of nitrogens with one attached hydrogen (secondary N) is 2. The normalized spacial score (nSPS) is 14.0. The fourth-order valence-electron chi connectivity index (χ4n) is 4.89. The Morgan fingerprint density at radius 3 is 2.19 bits per heavy atom. The molecule has 0 bridgehead atoms. The third kappa shape index (κ3) is 7.99. The van der Waals surface area contributed by atoms with Gasteiger partial charge in [-0.1, -0.05) is 64.4 Å². The van der Waals surface area contributed by atoms with Crippen LogP contribution in [0, 0.1) is 5.41 Å². The zero-order valence-electron chi connectivity index (χ0n) is 24.9. The summed E-state index contributed by atoms with van der Waals surface area (Å²) in [7, 11) is 0. The lowest BCUT2D eigenvalue weighted by molar-refractivity contribution is -0.145. The number of alkyl halides is 3. The second-order valence-electron chi connectivity index (χ2n) is 11.0. The lowest BCUT2D eigenvalue weighted by Crippen LogP contribution is -2.67. The van der Waals surface area contributed by atoms with Crippen LogP contribution in [0.5, 0.6) is 0 Å². The van der Waals surface area contributed by atoms with Crippen molar-refractivity contribution in [3.05, 3.63) is 71.6 Å². The van der Waals surface area contributed by atoms with Gasteiger partial charge in [-0.15, -0.1) is 10.2 Å². The van der Waals surface area contributed by atoms with Gasteiger partial charge in [0.05, 0.1) is 24.6 Å². The van der Waals surface area contributed by atoms with Crippen LogP contribution in [0.25, 0.3) is 11.5 Å². The van der Waals surface area contributed by atoms with Gasteiger partial charge in [0.1, 0.15) is 5.54 Å². The van der Waals surface area contributed by atoms with Gasteiger partial charge in [-0.3, -0.25) is 9.59 Å². The summed E-state index contributed by atoms with van der Waals surface area (Å²) in [6.45, 7) is 9.02. The number of alkyl carbamates (subject to hydrolysis) is 1. The predicted octanol–water partition coefficient (Wildman–Crippen LogP) is 6.45. The minimum absolute atomic E-state index is 0.0835. The molecule has 2 atom stereocenters. The molecule has 232 valence electrons. The molecular formula is C31H37F3N4O5. The van der Waals surface area contributed by atoms with Crippen LogP contribution in [0.1, 0.15) is 76.9 Å². The number of carbonyl (C=O) groups excluding carboxylic acids is 3. The standard InChI is InChI=1S/C31H37F3N4O5/c1-6-17-29(4,5)30(36-28(41)42-18-7-2,25(39)26(40)35-20(3)21-11-9-8-10-12-21)19-24-37-38-27(43-24)22-13-15-23(16-14-22)31(32,33)34/h8-16,20H,6-7,17-19H2,1-5H3,(H,35,40)(H,36,41)/t20-,30-/m1/s1. The van der Waals surface area contributed by atoms with E-state index in [0.29, 0.717) is 19.3 Å². The van der Waals surface area contributed by atoms with Crippen LogP contribution in [0.4, 0.5) is 18.0 Å². The first-order valence-electron chi connectivity index (χ1n) is 14.1. The van der Waals surface area contributed by atoms with Gasteiger partial charge in [0.2, 0.25) is 17.6 Å². The predicted molar refractivity (Wildman–Crippen MR) is 153 cm³/mol. The number of amides is 2. The van der Waals surface area contributed by atoms with E-state index < -0.39 is 46.5 Å². The van der Waals surface area contributed by atoms with Gasteiger partial charge in [-0.25, -0.2) is 4.79 Å². The first-order chi connectivity index (χ1) is 20.2. The molecule has 2 N–H and O–H groups in total. The smallest absolute Gasteiger partial charge is 0.416 e. The van der Waals surface area contributed by atoms with Crippen molar-refractivity contribution >= 4 is 17.8 Å². The van der Waals surface area contributed by atoms with Gasteiger partial charge in [0.15, 0.2) is 0 Å². The third-order valence-electron chi connectivity index (χ3n) is 7.37. The van der Waals surface area contributed by atoms with Crippen molar-refractivity contribution in [2.45, 2.75) is 78.1 Å². The first-order valence-corrected chi connectivity index (χ1v) is 14.1. The molecule has 3 rings (SSSR count). The maximum absolute atomic E-state index is 14.2. The molecule has 9 nitrogen and oxygen atoms in total. The Hall–Kier alpha value is -4.22. The van der Waals surface area contributed by atoms with E-state index in [1.807, 2.05) is 44.2 Å². The van der Waals surface area contributed by atoms with Crippen LogP contribution in [-0.4, -0.2) is 40.1 Å². The maximum atomic E-state index is 14.2. The van der Waals surface area contributed by atoms with E-state index in [1.54, 1.807) is 20.8 Å². The topological polar surface area (TPSA) is 123 Å². The van der Waals surface area contributed by atoms with Crippen molar-refractivity contribution in [1.82, 2.24) is 20.8 Å². The molecule has 0 aliphatic carbocycles. The first kappa shape index (κ1) is 33.3. The summed E-state index contributed by atoms with van der Waals surface area (Å²) < 4.78 is 50.1. The number of carbonyl (C=O) groups is 3. The molecule has 0 unspecified atom stereocenters. The van der Waals surface area contributed by atoms with E-state index in [1.165, 1.54) is 12.1 Å². The number of halogens is 3. The average molecular weight is 603 g/mol. The van der Waals surface area contributed by atoms with Crippen LogP contribution >= 0.6 is 0 Å². The second-order valence-corrected chi connectivity index (χ2v) is 11.0. The zero-order valence-corrected chi connectivity index (χ0v) is 24.9. The van der Waals surface area contributed by atoms with Crippen molar-refractivity contribution in [2.24, 2.45) is 5.41 Å². The fraction of sp³-hybridized carbons (Fsp3) is 0.452. The summed E-state index contributed by atoms with van der Waals surface area (Å²) in [5.41, 5.74) is -2.76. The second kappa shape index (κ2) is 13.8. The molecule has 12 heteroatoms. The molecule has 0 spiro atoms. The van der Waals surface area contributed by atoms with E-state index in [4.69, 9.17) is 9.15 Å². The molecule has 0 radical (unpaired) electrons. The van der Waals surface area contributed by atoms with Gasteiger partial charge in [-0.2, -0.15) is 13.2 Å². The van der Waals surface area contributed by atoms with Crippen LogP contribution in [0.3, 0.4) is 0 Å². The number of hydrogen-bond donors (Lipinski definition) is 2. The Balaban J connectivity index is 2.03. The van der Waals surface area contributed by atoms with Crippen molar-refractivity contribution in [2.75, 3.05) is 6.61 Å². The number of rotatable bonds is 13. The summed E-state index contributed by atoms with van der Waals surface area (Å²) in [6.07, 6.45) is -4.24. The van der Waals surface area contributed by atoms with Gasteiger partial charge >= 0.3 is 12.3 Å². The monoisotopic (exact) mass is 602 g/mol. The number of aromatic nitrogens is 2. The third-order valence-corrected chi connectivity index (χ3v) is 7.37. The van der Waals surface area contributed by atoms with Gasteiger partial charge < -0.3 is 19.8 Å². The Morgan fingerprint density at radius 1 is 0.953 bits per heavy atom. The average Bonchev–Trinajstić information content (AvgIpc) is 3.43.